The maximum Gasteiger partial charge on any atom is 0.262 e. The Hall–Kier alpha value is -5.70. The molecule has 8 nitrogen and oxygen atoms in total. The van der Waals surface area contributed by atoms with Crippen LogP contribution in [-0.2, 0) is 26.8 Å². The number of anilines is 1. The number of carbonyl (C=O) groups is 3. The number of para-hydroxylation sites is 2. The van der Waals surface area contributed by atoms with E-state index in [9.17, 15) is 14.4 Å². The lowest BCUT2D eigenvalue weighted by molar-refractivity contribution is -0.438. The SMILES string of the molecule is CCN1/C(=C/C=C/C=C/C2=[N+](CCCCCC(=O)NCCCCCC(=O)Cc3c(C)n(C(=O)c4ccc(Cl)cc4)c4ccc(OC)cc34)c3ccccc3C2(C)C)C(C)(C)c2ccccc21.[Cl-]. The number of rotatable bonds is 20. The first-order valence-corrected chi connectivity index (χ1v) is 24.1. The van der Waals surface area contributed by atoms with Gasteiger partial charge in [0.2, 0.25) is 11.6 Å². The molecule has 1 aromatic heterocycles. The molecule has 352 valence electrons. The number of benzene rings is 4. The van der Waals surface area contributed by atoms with Crippen LogP contribution in [0.15, 0.2) is 127 Å². The minimum absolute atomic E-state index is 0. The lowest BCUT2D eigenvalue weighted by Crippen LogP contribution is -3.00. The van der Waals surface area contributed by atoms with Crippen molar-refractivity contribution in [1.82, 2.24) is 9.88 Å². The lowest BCUT2D eigenvalue weighted by atomic mass is 9.81. The van der Waals surface area contributed by atoms with Crippen LogP contribution < -0.4 is 27.4 Å². The number of likely N-dealkylation sites (N-methyl/N-ethyl adjacent to an activating group) is 1. The Morgan fingerprint density at radius 3 is 2.24 bits per heavy atom. The number of nitrogens with one attached hydrogen (secondary N) is 1. The molecule has 0 spiro atoms. The molecule has 7 rings (SSSR count). The van der Waals surface area contributed by atoms with Crippen LogP contribution in [0.3, 0.4) is 0 Å². The lowest BCUT2D eigenvalue weighted by Gasteiger charge is -2.25. The smallest absolute Gasteiger partial charge is 0.262 e. The van der Waals surface area contributed by atoms with E-state index in [1.807, 2.05) is 25.1 Å². The second-order valence-electron chi connectivity index (χ2n) is 18.6. The van der Waals surface area contributed by atoms with Gasteiger partial charge in [-0.15, -0.1) is 0 Å². The van der Waals surface area contributed by atoms with Crippen LogP contribution in [-0.4, -0.2) is 59.2 Å². The summed E-state index contributed by atoms with van der Waals surface area (Å²) >= 11 is 6.08. The molecule has 1 amide bonds. The number of fused-ring (bicyclic) bond motifs is 3. The fourth-order valence-corrected chi connectivity index (χ4v) is 10.1. The fraction of sp³-hybridized carbons (Fsp3) is 0.368. The highest BCUT2D eigenvalue weighted by Gasteiger charge is 2.44. The monoisotopic (exact) mass is 940 g/mol. The molecule has 67 heavy (non-hydrogen) atoms. The fourth-order valence-electron chi connectivity index (χ4n) is 9.97. The van der Waals surface area contributed by atoms with Gasteiger partial charge in [-0.25, -0.2) is 0 Å². The maximum absolute atomic E-state index is 13.7. The number of hydrogen-bond donors (Lipinski definition) is 1. The van der Waals surface area contributed by atoms with Gasteiger partial charge in [-0.05, 0) is 119 Å². The largest absolute Gasteiger partial charge is 1.00 e. The number of amides is 1. The van der Waals surface area contributed by atoms with Crippen molar-refractivity contribution in [3.63, 3.8) is 0 Å². The van der Waals surface area contributed by atoms with Gasteiger partial charge in [-0.3, -0.25) is 19.0 Å². The van der Waals surface area contributed by atoms with Crippen LogP contribution in [0.4, 0.5) is 11.4 Å². The Bertz CT molecular complexity index is 2720. The summed E-state index contributed by atoms with van der Waals surface area (Å²) in [6, 6.07) is 29.9. The minimum Gasteiger partial charge on any atom is -1.00 e. The molecule has 2 aliphatic rings. The van der Waals surface area contributed by atoms with E-state index >= 15 is 0 Å². The Kier molecular flexibility index (Phi) is 17.0. The first-order valence-electron chi connectivity index (χ1n) is 23.7. The quantitative estimate of drug-likeness (QED) is 0.0478. The molecule has 10 heteroatoms. The molecule has 3 heterocycles. The van der Waals surface area contributed by atoms with Crippen LogP contribution >= 0.6 is 11.6 Å². The molecule has 0 bridgehead atoms. The molecular weight excluding hydrogens is 876 g/mol. The van der Waals surface area contributed by atoms with E-state index in [1.54, 1.807) is 35.9 Å². The highest BCUT2D eigenvalue weighted by atomic mass is 35.5. The van der Waals surface area contributed by atoms with Crippen LogP contribution in [0.2, 0.25) is 5.02 Å². The third-order valence-electron chi connectivity index (χ3n) is 13.6. The number of Topliss-reactive ketones (excluding diaryl/α,β-unsaturated/α-hetero) is 1. The van der Waals surface area contributed by atoms with Crippen molar-refractivity contribution in [3.05, 3.63) is 160 Å². The van der Waals surface area contributed by atoms with Gasteiger partial charge in [0.1, 0.15) is 18.1 Å². The summed E-state index contributed by atoms with van der Waals surface area (Å²) in [7, 11) is 1.61. The van der Waals surface area contributed by atoms with E-state index in [-0.39, 0.29) is 47.3 Å². The van der Waals surface area contributed by atoms with E-state index in [2.05, 4.69) is 128 Å². The first kappa shape index (κ1) is 50.7. The van der Waals surface area contributed by atoms with Gasteiger partial charge < -0.3 is 27.4 Å². The van der Waals surface area contributed by atoms with Gasteiger partial charge >= 0.3 is 0 Å². The van der Waals surface area contributed by atoms with Crippen molar-refractivity contribution in [2.75, 3.05) is 31.6 Å². The average Bonchev–Trinajstić information content (AvgIpc) is 3.80. The van der Waals surface area contributed by atoms with Crippen LogP contribution in [0.5, 0.6) is 5.75 Å². The number of nitrogens with zero attached hydrogens (tertiary/aromatic N) is 3. The van der Waals surface area contributed by atoms with Crippen molar-refractivity contribution in [2.45, 2.75) is 110 Å². The summed E-state index contributed by atoms with van der Waals surface area (Å²) in [5.41, 5.74) is 10.5. The zero-order valence-electron chi connectivity index (χ0n) is 40.3. The Labute approximate surface area is 408 Å². The van der Waals surface area contributed by atoms with E-state index < -0.39 is 0 Å². The van der Waals surface area contributed by atoms with E-state index in [4.69, 9.17) is 16.3 Å². The summed E-state index contributed by atoms with van der Waals surface area (Å²) in [4.78, 5) is 42.2. The molecule has 0 atom stereocenters. The highest BCUT2D eigenvalue weighted by molar-refractivity contribution is 6.30. The number of unbranched alkanes of at least 4 members (excludes halogenated alkanes) is 4. The molecule has 0 saturated heterocycles. The van der Waals surface area contributed by atoms with Gasteiger partial charge in [-0.1, -0.05) is 86.5 Å². The van der Waals surface area contributed by atoms with Crippen LogP contribution in [0, 0.1) is 6.92 Å². The van der Waals surface area contributed by atoms with Crippen LogP contribution in [0.1, 0.15) is 119 Å². The third kappa shape index (κ3) is 11.0. The number of ether oxygens (including phenoxy) is 1. The highest BCUT2D eigenvalue weighted by Crippen LogP contribution is 2.47. The van der Waals surface area contributed by atoms with Crippen molar-refractivity contribution in [1.29, 1.82) is 0 Å². The normalized spacial score (nSPS) is 15.4. The summed E-state index contributed by atoms with van der Waals surface area (Å²) in [6.45, 7) is 15.8. The molecule has 0 saturated carbocycles. The Morgan fingerprint density at radius 1 is 0.791 bits per heavy atom. The number of aromatic nitrogens is 1. The minimum atomic E-state index is -0.175. The average molecular weight is 942 g/mol. The molecule has 0 fully saturated rings. The number of carbonyl (C=O) groups excluding carboxylic acids is 3. The van der Waals surface area contributed by atoms with Gasteiger partial charge in [-0.2, -0.15) is 4.58 Å². The van der Waals surface area contributed by atoms with Gasteiger partial charge in [0.25, 0.3) is 5.91 Å². The summed E-state index contributed by atoms with van der Waals surface area (Å²) in [5, 5.41) is 4.49. The van der Waals surface area contributed by atoms with Gasteiger partial charge in [0.05, 0.1) is 18.0 Å². The maximum atomic E-state index is 13.7. The molecule has 5 aromatic rings. The predicted molar refractivity (Wildman–Crippen MR) is 271 cm³/mol. The number of allylic oxidation sites excluding steroid dienone is 6. The zero-order valence-corrected chi connectivity index (χ0v) is 41.8. The second kappa shape index (κ2) is 22.4. The number of halogens is 2. The molecular formula is C57H66Cl2N4O4. The standard InChI is InChI=1S/C57H65ClN4O4.ClH/c1-8-60-50-25-18-16-23-47(50)56(3,4)52(60)27-13-9-14-28-53-57(5,6)48-24-17-19-26-51(48)61(53)37-21-11-15-29-54(64)59-36-20-10-12-22-43(63)38-45-40(2)62(49-35-34-44(66-7)39-46(45)49)55(65)41-30-32-42(58)33-31-41;/h9,13-14,16-19,23-28,30-35,39H,8,10-12,15,20-22,29,36-38H2,1-7H3;1H. The topological polar surface area (TPSA) is 83.7 Å². The molecule has 4 aromatic carbocycles. The van der Waals surface area contributed by atoms with Crippen molar-refractivity contribution < 1.29 is 36.1 Å². The van der Waals surface area contributed by atoms with Gasteiger partial charge in [0.15, 0.2) is 5.71 Å². The molecule has 0 unspecified atom stereocenters. The molecule has 0 radical (unpaired) electrons. The zero-order chi connectivity index (χ0) is 47.0. The summed E-state index contributed by atoms with van der Waals surface area (Å²) < 4.78 is 9.64. The summed E-state index contributed by atoms with van der Waals surface area (Å²) in [6.07, 6.45) is 17.4. The van der Waals surface area contributed by atoms with E-state index in [0.29, 0.717) is 35.7 Å². The molecule has 2 aliphatic heterocycles. The second-order valence-corrected chi connectivity index (χ2v) is 19.1. The van der Waals surface area contributed by atoms with Crippen molar-refractivity contribution in [3.8, 4) is 5.75 Å². The predicted octanol–water partition coefficient (Wildman–Crippen LogP) is 9.54. The van der Waals surface area contributed by atoms with E-state index in [1.165, 1.54) is 33.9 Å². The van der Waals surface area contributed by atoms with E-state index in [0.717, 1.165) is 73.8 Å². The van der Waals surface area contributed by atoms with Crippen molar-refractivity contribution >= 4 is 57.2 Å². The summed E-state index contributed by atoms with van der Waals surface area (Å²) in [5.74, 6) is 0.692. The molecule has 0 aliphatic carbocycles. The Morgan fingerprint density at radius 2 is 1.49 bits per heavy atom. The number of ketones is 1. The molecule has 1 N–H and O–H groups in total. The number of hydrogen-bond acceptors (Lipinski definition) is 5. The number of methoxy groups -OCH3 is 1. The van der Waals surface area contributed by atoms with Crippen molar-refractivity contribution in [2.24, 2.45) is 0 Å². The first-order chi connectivity index (χ1) is 31.8. The van der Waals surface area contributed by atoms with Gasteiger partial charge in [0, 0.05) is 94.9 Å². The van der Waals surface area contributed by atoms with Crippen LogP contribution in [0.25, 0.3) is 10.9 Å². The Balaban J connectivity index is 0.00000741. The third-order valence-corrected chi connectivity index (χ3v) is 13.8.